The molecule has 8 heteroatoms. The van der Waals surface area contributed by atoms with Crippen LogP contribution in [0.4, 0.5) is 0 Å². The van der Waals surface area contributed by atoms with Crippen molar-refractivity contribution in [3.8, 4) is 0 Å². The van der Waals surface area contributed by atoms with E-state index in [1.165, 1.54) is 4.90 Å². The zero-order chi connectivity index (χ0) is 19.6. The van der Waals surface area contributed by atoms with Gasteiger partial charge in [0.2, 0.25) is 11.8 Å². The van der Waals surface area contributed by atoms with Gasteiger partial charge in [-0.2, -0.15) is 0 Å². The van der Waals surface area contributed by atoms with Crippen molar-refractivity contribution in [1.29, 1.82) is 0 Å². The number of piperazine rings is 1. The maximum atomic E-state index is 12.3. The maximum absolute atomic E-state index is 12.3. The van der Waals surface area contributed by atoms with Crippen molar-refractivity contribution in [1.82, 2.24) is 10.2 Å². The lowest BCUT2D eigenvalue weighted by Crippen LogP contribution is -2.57. The molecule has 1 aliphatic heterocycles. The van der Waals surface area contributed by atoms with Gasteiger partial charge >= 0.3 is 11.9 Å². The molecule has 1 aliphatic rings. The molecular formula is C19H24N2O6. The fourth-order valence-corrected chi connectivity index (χ4v) is 2.89. The zero-order valence-corrected chi connectivity index (χ0v) is 15.1. The smallest absolute Gasteiger partial charge is 0.308 e. The van der Waals surface area contributed by atoms with E-state index in [9.17, 15) is 19.2 Å². The lowest BCUT2D eigenvalue weighted by Gasteiger charge is -2.34. The molecular weight excluding hydrogens is 352 g/mol. The number of benzene rings is 1. The van der Waals surface area contributed by atoms with E-state index in [1.807, 2.05) is 30.3 Å². The molecule has 0 spiro atoms. The average Bonchev–Trinajstić information content (AvgIpc) is 2.64. The van der Waals surface area contributed by atoms with Gasteiger partial charge in [0, 0.05) is 32.4 Å². The Bertz CT molecular complexity index is 676. The van der Waals surface area contributed by atoms with Crippen molar-refractivity contribution >= 4 is 23.8 Å². The van der Waals surface area contributed by atoms with Gasteiger partial charge in [-0.05, 0) is 12.0 Å². The molecule has 1 atom stereocenters. The van der Waals surface area contributed by atoms with Crippen LogP contribution in [-0.4, -0.2) is 59.5 Å². The van der Waals surface area contributed by atoms with E-state index < -0.39 is 23.9 Å². The van der Waals surface area contributed by atoms with Crippen LogP contribution in [0.15, 0.2) is 30.3 Å². The van der Waals surface area contributed by atoms with Crippen LogP contribution in [-0.2, 0) is 30.3 Å². The summed E-state index contributed by atoms with van der Waals surface area (Å²) >= 11 is 0. The summed E-state index contributed by atoms with van der Waals surface area (Å²) in [7, 11) is 0. The van der Waals surface area contributed by atoms with Crippen LogP contribution in [0.1, 0.15) is 31.2 Å². The van der Waals surface area contributed by atoms with E-state index in [2.05, 4.69) is 5.32 Å². The van der Waals surface area contributed by atoms with Gasteiger partial charge < -0.3 is 20.1 Å². The quantitative estimate of drug-likeness (QED) is 0.615. The number of esters is 1. The van der Waals surface area contributed by atoms with Gasteiger partial charge in [0.05, 0.1) is 13.0 Å². The molecule has 0 saturated carbocycles. The van der Waals surface area contributed by atoms with Gasteiger partial charge in [-0.25, -0.2) is 0 Å². The fourth-order valence-electron chi connectivity index (χ4n) is 2.89. The first-order valence-corrected chi connectivity index (χ1v) is 8.96. The fraction of sp³-hybridized carbons (Fsp3) is 0.474. The van der Waals surface area contributed by atoms with Gasteiger partial charge in [0.15, 0.2) is 0 Å². The number of carboxylic acid groups (broad SMARTS) is 1. The van der Waals surface area contributed by atoms with Crippen molar-refractivity contribution in [3.05, 3.63) is 35.9 Å². The first-order valence-electron chi connectivity index (χ1n) is 8.96. The second kappa shape index (κ2) is 10.3. The third kappa shape index (κ3) is 6.73. The number of nitrogens with one attached hydrogen (secondary N) is 1. The molecule has 0 aromatic heterocycles. The molecule has 1 fully saturated rings. The van der Waals surface area contributed by atoms with Crippen LogP contribution in [0, 0.1) is 0 Å². The summed E-state index contributed by atoms with van der Waals surface area (Å²) < 4.78 is 5.20. The minimum atomic E-state index is -0.974. The van der Waals surface area contributed by atoms with Gasteiger partial charge in [0.25, 0.3) is 0 Å². The molecule has 0 aliphatic carbocycles. The largest absolute Gasteiger partial charge is 0.481 e. The zero-order valence-electron chi connectivity index (χ0n) is 15.1. The van der Waals surface area contributed by atoms with Crippen molar-refractivity contribution in [2.24, 2.45) is 0 Å². The van der Waals surface area contributed by atoms with Gasteiger partial charge in [0.1, 0.15) is 6.04 Å². The topological polar surface area (TPSA) is 113 Å². The Morgan fingerprint density at radius 1 is 1.19 bits per heavy atom. The Hall–Kier alpha value is -2.90. The van der Waals surface area contributed by atoms with E-state index in [1.54, 1.807) is 0 Å². The predicted molar refractivity (Wildman–Crippen MR) is 95.7 cm³/mol. The van der Waals surface area contributed by atoms with Crippen molar-refractivity contribution in [2.75, 3.05) is 19.7 Å². The van der Waals surface area contributed by atoms with Gasteiger partial charge in [-0.1, -0.05) is 30.3 Å². The first kappa shape index (κ1) is 20.4. The van der Waals surface area contributed by atoms with E-state index in [-0.39, 0.29) is 38.2 Å². The van der Waals surface area contributed by atoms with E-state index in [0.29, 0.717) is 19.5 Å². The highest BCUT2D eigenvalue weighted by Crippen LogP contribution is 2.13. The number of carbonyl (C=O) groups is 4. The van der Waals surface area contributed by atoms with Crippen LogP contribution in [0.5, 0.6) is 0 Å². The molecule has 146 valence electrons. The lowest BCUT2D eigenvalue weighted by atomic mass is 10.1. The highest BCUT2D eigenvalue weighted by Gasteiger charge is 2.34. The van der Waals surface area contributed by atoms with E-state index in [0.717, 1.165) is 5.56 Å². The van der Waals surface area contributed by atoms with Crippen LogP contribution in [0.3, 0.4) is 0 Å². The highest BCUT2D eigenvalue weighted by atomic mass is 16.5. The molecule has 2 rings (SSSR count). The summed E-state index contributed by atoms with van der Waals surface area (Å²) in [6.45, 7) is 0.798. The average molecular weight is 376 g/mol. The van der Waals surface area contributed by atoms with Gasteiger partial charge in [-0.3, -0.25) is 19.2 Å². The molecule has 2 amide bonds. The molecule has 0 bridgehead atoms. The number of rotatable bonds is 9. The van der Waals surface area contributed by atoms with Crippen LogP contribution in [0.2, 0.25) is 0 Å². The number of carboxylic acids is 1. The second-order valence-electron chi connectivity index (χ2n) is 6.30. The standard InChI is InChI=1S/C19H24N2O6/c22-16(7-4-8-17(23)24)21-11-10-20-19(26)15(21)13-18(25)27-12-9-14-5-2-1-3-6-14/h1-3,5-6,15H,4,7-13H2,(H,20,26)(H,23,24). The normalized spacial score (nSPS) is 16.5. The molecule has 1 saturated heterocycles. The van der Waals surface area contributed by atoms with E-state index in [4.69, 9.17) is 9.84 Å². The summed E-state index contributed by atoms with van der Waals surface area (Å²) in [5.41, 5.74) is 1.04. The highest BCUT2D eigenvalue weighted by molar-refractivity contribution is 5.92. The Morgan fingerprint density at radius 3 is 2.63 bits per heavy atom. The molecule has 1 heterocycles. The molecule has 2 N–H and O–H groups in total. The third-order valence-electron chi connectivity index (χ3n) is 4.29. The Morgan fingerprint density at radius 2 is 1.93 bits per heavy atom. The molecule has 27 heavy (non-hydrogen) atoms. The second-order valence-corrected chi connectivity index (χ2v) is 6.30. The van der Waals surface area contributed by atoms with Crippen molar-refractivity contribution in [2.45, 2.75) is 38.1 Å². The molecule has 0 radical (unpaired) electrons. The summed E-state index contributed by atoms with van der Waals surface area (Å²) in [5.74, 6) is -2.24. The Kier molecular flexibility index (Phi) is 7.79. The SMILES string of the molecule is O=C(O)CCCC(=O)N1CCNC(=O)C1CC(=O)OCCc1ccccc1. The maximum Gasteiger partial charge on any atom is 0.308 e. The number of aliphatic carboxylic acids is 1. The summed E-state index contributed by atoms with van der Waals surface area (Å²) in [6.07, 6.45) is 0.463. The summed E-state index contributed by atoms with van der Waals surface area (Å²) in [5, 5.41) is 11.3. The number of hydrogen-bond donors (Lipinski definition) is 2. The molecule has 8 nitrogen and oxygen atoms in total. The monoisotopic (exact) mass is 376 g/mol. The minimum absolute atomic E-state index is 0.0269. The van der Waals surface area contributed by atoms with E-state index >= 15 is 0 Å². The Balaban J connectivity index is 1.84. The van der Waals surface area contributed by atoms with Crippen molar-refractivity contribution in [3.63, 3.8) is 0 Å². The van der Waals surface area contributed by atoms with Crippen LogP contribution < -0.4 is 5.32 Å². The number of hydrogen-bond acceptors (Lipinski definition) is 5. The van der Waals surface area contributed by atoms with Crippen molar-refractivity contribution < 1.29 is 29.0 Å². The predicted octanol–water partition coefficient (Wildman–Crippen LogP) is 0.744. The van der Waals surface area contributed by atoms with Gasteiger partial charge in [-0.15, -0.1) is 0 Å². The third-order valence-corrected chi connectivity index (χ3v) is 4.29. The number of carbonyl (C=O) groups excluding carboxylic acids is 3. The number of amides is 2. The van der Waals surface area contributed by atoms with Crippen LogP contribution in [0.25, 0.3) is 0 Å². The lowest BCUT2D eigenvalue weighted by molar-refractivity contribution is -0.151. The summed E-state index contributed by atoms with van der Waals surface area (Å²) in [6, 6.07) is 8.65. The molecule has 1 aromatic carbocycles. The van der Waals surface area contributed by atoms with Crippen LogP contribution >= 0.6 is 0 Å². The number of nitrogens with zero attached hydrogens (tertiary/aromatic N) is 1. The minimum Gasteiger partial charge on any atom is -0.481 e. The number of ether oxygens (including phenoxy) is 1. The Labute approximate surface area is 157 Å². The summed E-state index contributed by atoms with van der Waals surface area (Å²) in [4.78, 5) is 48.5. The molecule has 1 unspecified atom stereocenters. The molecule has 1 aromatic rings. The first-order chi connectivity index (χ1) is 13.0.